The first-order chi connectivity index (χ1) is 10.0. The zero-order valence-corrected chi connectivity index (χ0v) is 13.0. The number of amides is 1. The monoisotopic (exact) mass is 287 g/mol. The number of hydrogen-bond acceptors (Lipinski definition) is 4. The summed E-state index contributed by atoms with van der Waals surface area (Å²) in [5.41, 5.74) is 1.25. The highest BCUT2D eigenvalue weighted by atomic mass is 16.2. The number of carbonyl (C=O) groups is 1. The number of aryl methyl sites for hydroxylation is 3. The quantitative estimate of drug-likeness (QED) is 0.842. The fourth-order valence-corrected chi connectivity index (χ4v) is 2.23. The summed E-state index contributed by atoms with van der Waals surface area (Å²) in [5.74, 6) is 1.40. The number of carbonyl (C=O) groups excluding carboxylic acids is 1. The van der Waals surface area contributed by atoms with Gasteiger partial charge in [-0.25, -0.2) is 15.0 Å². The van der Waals surface area contributed by atoms with Crippen molar-refractivity contribution in [2.45, 2.75) is 33.7 Å². The molecule has 112 valence electrons. The fraction of sp³-hybridized carbons (Fsp3) is 0.467. The molecule has 0 unspecified atom stereocenters. The van der Waals surface area contributed by atoms with E-state index in [2.05, 4.69) is 21.9 Å². The standard InChI is InChI=1S/C15H21N5O/c1-5-7-20(10-14-16-6-8-19(14)4)15(21)13-9-11(2)17-12(3)18-13/h6,8-9H,5,7,10H2,1-4H3. The molecule has 21 heavy (non-hydrogen) atoms. The van der Waals surface area contributed by atoms with E-state index >= 15 is 0 Å². The van der Waals surface area contributed by atoms with Gasteiger partial charge in [-0.05, 0) is 26.3 Å². The lowest BCUT2D eigenvalue weighted by Crippen LogP contribution is -2.33. The minimum atomic E-state index is -0.0755. The van der Waals surface area contributed by atoms with Crippen LogP contribution in [0.2, 0.25) is 0 Å². The van der Waals surface area contributed by atoms with Gasteiger partial charge in [0, 0.05) is 31.7 Å². The van der Waals surface area contributed by atoms with Gasteiger partial charge in [-0.3, -0.25) is 4.79 Å². The van der Waals surface area contributed by atoms with Crippen molar-refractivity contribution < 1.29 is 4.79 Å². The van der Waals surface area contributed by atoms with E-state index in [1.807, 2.05) is 24.7 Å². The van der Waals surface area contributed by atoms with Crippen molar-refractivity contribution in [1.29, 1.82) is 0 Å². The molecule has 6 heteroatoms. The van der Waals surface area contributed by atoms with E-state index in [4.69, 9.17) is 0 Å². The zero-order chi connectivity index (χ0) is 15.4. The Bertz CT molecular complexity index is 614. The Morgan fingerprint density at radius 3 is 2.67 bits per heavy atom. The van der Waals surface area contributed by atoms with Crippen molar-refractivity contribution in [3.05, 3.63) is 41.5 Å². The van der Waals surface area contributed by atoms with Crippen molar-refractivity contribution in [2.75, 3.05) is 6.54 Å². The van der Waals surface area contributed by atoms with Crippen molar-refractivity contribution in [1.82, 2.24) is 24.4 Å². The maximum atomic E-state index is 12.7. The lowest BCUT2D eigenvalue weighted by Gasteiger charge is -2.21. The Balaban J connectivity index is 2.24. The first kappa shape index (κ1) is 15.2. The predicted octanol–water partition coefficient (Wildman–Crippen LogP) is 1.88. The summed E-state index contributed by atoms with van der Waals surface area (Å²) >= 11 is 0. The van der Waals surface area contributed by atoms with Crippen LogP contribution in [0.15, 0.2) is 18.5 Å². The van der Waals surface area contributed by atoms with Crippen LogP contribution in [0, 0.1) is 13.8 Å². The average molecular weight is 287 g/mol. The van der Waals surface area contributed by atoms with Crippen molar-refractivity contribution in [3.8, 4) is 0 Å². The smallest absolute Gasteiger partial charge is 0.273 e. The van der Waals surface area contributed by atoms with Gasteiger partial charge in [0.1, 0.15) is 17.3 Å². The maximum absolute atomic E-state index is 12.7. The molecule has 0 fully saturated rings. The Morgan fingerprint density at radius 2 is 2.10 bits per heavy atom. The molecule has 2 rings (SSSR count). The van der Waals surface area contributed by atoms with Crippen LogP contribution in [0.1, 0.15) is 41.2 Å². The van der Waals surface area contributed by atoms with Gasteiger partial charge in [-0.2, -0.15) is 0 Å². The minimum Gasteiger partial charge on any atom is -0.337 e. The molecule has 0 aliphatic carbocycles. The molecular weight excluding hydrogens is 266 g/mol. The van der Waals surface area contributed by atoms with Crippen molar-refractivity contribution in [3.63, 3.8) is 0 Å². The minimum absolute atomic E-state index is 0.0755. The lowest BCUT2D eigenvalue weighted by atomic mass is 10.2. The Kier molecular flexibility index (Phi) is 4.67. The molecule has 0 atom stereocenters. The highest BCUT2D eigenvalue weighted by Crippen LogP contribution is 2.09. The number of imidazole rings is 1. The molecule has 0 bridgehead atoms. The SMILES string of the molecule is CCCN(Cc1nccn1C)C(=O)c1cc(C)nc(C)n1. The van der Waals surface area contributed by atoms with Gasteiger partial charge in [-0.15, -0.1) is 0 Å². The third-order valence-electron chi connectivity index (χ3n) is 3.22. The van der Waals surface area contributed by atoms with Crippen LogP contribution in [0.5, 0.6) is 0 Å². The molecule has 0 radical (unpaired) electrons. The summed E-state index contributed by atoms with van der Waals surface area (Å²) in [7, 11) is 1.93. The molecule has 0 aromatic carbocycles. The number of rotatable bonds is 5. The first-order valence-corrected chi connectivity index (χ1v) is 7.09. The van der Waals surface area contributed by atoms with E-state index in [9.17, 15) is 4.79 Å². The molecule has 2 aromatic rings. The van der Waals surface area contributed by atoms with E-state index in [1.54, 1.807) is 24.1 Å². The normalized spacial score (nSPS) is 10.7. The fourth-order valence-electron chi connectivity index (χ4n) is 2.23. The summed E-state index contributed by atoms with van der Waals surface area (Å²) in [6.45, 7) is 6.88. The van der Waals surface area contributed by atoms with E-state index in [0.29, 0.717) is 24.6 Å². The average Bonchev–Trinajstić information content (AvgIpc) is 2.82. The third kappa shape index (κ3) is 3.65. The van der Waals surface area contributed by atoms with Crippen LogP contribution >= 0.6 is 0 Å². The largest absolute Gasteiger partial charge is 0.337 e. The van der Waals surface area contributed by atoms with Gasteiger partial charge in [-0.1, -0.05) is 6.92 Å². The van der Waals surface area contributed by atoms with Gasteiger partial charge in [0.15, 0.2) is 0 Å². The van der Waals surface area contributed by atoms with Crippen LogP contribution in [0.25, 0.3) is 0 Å². The van der Waals surface area contributed by atoms with Crippen LogP contribution in [0.3, 0.4) is 0 Å². The maximum Gasteiger partial charge on any atom is 0.273 e. The van der Waals surface area contributed by atoms with Gasteiger partial charge in [0.25, 0.3) is 5.91 Å². The highest BCUT2D eigenvalue weighted by Gasteiger charge is 2.19. The van der Waals surface area contributed by atoms with E-state index < -0.39 is 0 Å². The summed E-state index contributed by atoms with van der Waals surface area (Å²) in [6.07, 6.45) is 4.51. The Hall–Kier alpha value is -2.24. The van der Waals surface area contributed by atoms with Gasteiger partial charge < -0.3 is 9.47 Å². The molecule has 0 aliphatic heterocycles. The third-order valence-corrected chi connectivity index (χ3v) is 3.22. The summed E-state index contributed by atoms with van der Waals surface area (Å²) < 4.78 is 1.92. The predicted molar refractivity (Wildman–Crippen MR) is 79.7 cm³/mol. The first-order valence-electron chi connectivity index (χ1n) is 7.09. The Labute approximate surface area is 124 Å². The van der Waals surface area contributed by atoms with Gasteiger partial charge >= 0.3 is 0 Å². The second-order valence-corrected chi connectivity index (χ2v) is 5.12. The molecular formula is C15H21N5O. The van der Waals surface area contributed by atoms with Gasteiger partial charge in [0.2, 0.25) is 0 Å². The van der Waals surface area contributed by atoms with Crippen LogP contribution in [0.4, 0.5) is 0 Å². The van der Waals surface area contributed by atoms with Crippen molar-refractivity contribution in [2.24, 2.45) is 7.05 Å². The van der Waals surface area contributed by atoms with E-state index in [-0.39, 0.29) is 5.91 Å². The molecule has 0 aliphatic rings. The molecule has 6 nitrogen and oxygen atoms in total. The molecule has 2 heterocycles. The summed E-state index contributed by atoms with van der Waals surface area (Å²) in [6, 6.07) is 1.73. The van der Waals surface area contributed by atoms with Crippen molar-refractivity contribution >= 4 is 5.91 Å². The lowest BCUT2D eigenvalue weighted by molar-refractivity contribution is 0.0731. The van der Waals surface area contributed by atoms with E-state index in [1.165, 1.54) is 0 Å². The molecule has 0 N–H and O–H groups in total. The summed E-state index contributed by atoms with van der Waals surface area (Å²) in [4.78, 5) is 27.2. The number of aromatic nitrogens is 4. The second-order valence-electron chi connectivity index (χ2n) is 5.12. The van der Waals surface area contributed by atoms with Crippen LogP contribution < -0.4 is 0 Å². The second kappa shape index (κ2) is 6.47. The molecule has 0 spiro atoms. The molecule has 0 saturated heterocycles. The number of nitrogens with zero attached hydrogens (tertiary/aromatic N) is 5. The number of hydrogen-bond donors (Lipinski definition) is 0. The van der Waals surface area contributed by atoms with Crippen LogP contribution in [-0.2, 0) is 13.6 Å². The summed E-state index contributed by atoms with van der Waals surface area (Å²) in [5, 5.41) is 0. The molecule has 0 saturated carbocycles. The topological polar surface area (TPSA) is 63.9 Å². The highest BCUT2D eigenvalue weighted by molar-refractivity contribution is 5.92. The van der Waals surface area contributed by atoms with E-state index in [0.717, 1.165) is 17.9 Å². The molecule has 1 amide bonds. The Morgan fingerprint density at radius 1 is 1.33 bits per heavy atom. The molecule has 2 aromatic heterocycles. The zero-order valence-electron chi connectivity index (χ0n) is 13.0. The van der Waals surface area contributed by atoms with Crippen LogP contribution in [-0.4, -0.2) is 36.9 Å². The van der Waals surface area contributed by atoms with Gasteiger partial charge in [0.05, 0.1) is 6.54 Å².